The molecule has 1 aromatic carbocycles. The lowest BCUT2D eigenvalue weighted by Gasteiger charge is -2.26. The molecule has 1 heterocycles. The number of benzene rings is 1. The Labute approximate surface area is 145 Å². The molecule has 2 rings (SSSR count). The highest BCUT2D eigenvalue weighted by atomic mass is 32.2. The van der Waals surface area contributed by atoms with E-state index in [-0.39, 0.29) is 17.6 Å². The maximum absolute atomic E-state index is 13.0. The fourth-order valence-electron chi connectivity index (χ4n) is 3.04. The second-order valence-corrected chi connectivity index (χ2v) is 8.71. The Kier molecular flexibility index (Phi) is 6.40. The van der Waals surface area contributed by atoms with Gasteiger partial charge in [-0.3, -0.25) is 4.79 Å². The van der Waals surface area contributed by atoms with Gasteiger partial charge in [0.05, 0.1) is 5.75 Å². The molecule has 0 bridgehead atoms. The molecule has 0 aromatic heterocycles. The van der Waals surface area contributed by atoms with Gasteiger partial charge in [0.1, 0.15) is 6.04 Å². The Hall–Kier alpha value is -1.40. The smallest absolute Gasteiger partial charge is 0.245 e. The van der Waals surface area contributed by atoms with Crippen molar-refractivity contribution in [3.63, 3.8) is 0 Å². The van der Waals surface area contributed by atoms with Crippen molar-refractivity contribution < 1.29 is 13.2 Å². The third kappa shape index (κ3) is 4.80. The molecule has 0 saturated heterocycles. The van der Waals surface area contributed by atoms with Crippen LogP contribution < -0.4 is 9.62 Å². The number of sulfonamides is 1. The Morgan fingerprint density at radius 3 is 2.67 bits per heavy atom. The lowest BCUT2D eigenvalue weighted by Crippen LogP contribution is -2.49. The van der Waals surface area contributed by atoms with E-state index in [9.17, 15) is 13.2 Å². The molecule has 0 radical (unpaired) electrons. The summed E-state index contributed by atoms with van der Waals surface area (Å²) < 4.78 is 27.2. The number of anilines is 1. The number of nitrogens with zero attached hydrogens (tertiary/aromatic N) is 1. The van der Waals surface area contributed by atoms with Gasteiger partial charge in [-0.15, -0.1) is 0 Å². The summed E-state index contributed by atoms with van der Waals surface area (Å²) in [5.41, 5.74) is 2.05. The van der Waals surface area contributed by atoms with E-state index < -0.39 is 16.1 Å². The molecule has 1 atom stereocenters. The van der Waals surface area contributed by atoms with Crippen LogP contribution in [-0.4, -0.2) is 32.7 Å². The van der Waals surface area contributed by atoms with Crippen LogP contribution in [0, 0.1) is 5.92 Å². The van der Waals surface area contributed by atoms with Crippen molar-refractivity contribution in [2.24, 2.45) is 5.92 Å². The number of amides is 1. The molecule has 0 aliphatic carbocycles. The molecular weight excluding hydrogens is 324 g/mol. The predicted molar refractivity (Wildman–Crippen MR) is 97.6 cm³/mol. The second-order valence-electron chi connectivity index (χ2n) is 6.84. The zero-order chi connectivity index (χ0) is 17.7. The van der Waals surface area contributed by atoms with E-state index in [1.54, 1.807) is 4.90 Å². The summed E-state index contributed by atoms with van der Waals surface area (Å²) in [5.74, 6) is 0.154. The molecular formula is C18H28N2O3S. The Morgan fingerprint density at radius 2 is 2.00 bits per heavy atom. The van der Waals surface area contributed by atoms with Crippen LogP contribution >= 0.6 is 0 Å². The lowest BCUT2D eigenvalue weighted by atomic mass is 10.0. The highest BCUT2D eigenvalue weighted by molar-refractivity contribution is 7.89. The van der Waals surface area contributed by atoms with Gasteiger partial charge in [-0.1, -0.05) is 45.4 Å². The van der Waals surface area contributed by atoms with Gasteiger partial charge in [0, 0.05) is 12.2 Å². The molecule has 0 spiro atoms. The van der Waals surface area contributed by atoms with E-state index in [0.717, 1.165) is 24.1 Å². The van der Waals surface area contributed by atoms with Gasteiger partial charge in [0.2, 0.25) is 15.9 Å². The molecule has 5 nitrogen and oxygen atoms in total. The largest absolute Gasteiger partial charge is 0.310 e. The topological polar surface area (TPSA) is 66.5 Å². The Bertz CT molecular complexity index is 671. The zero-order valence-electron chi connectivity index (χ0n) is 14.8. The summed E-state index contributed by atoms with van der Waals surface area (Å²) in [6.07, 6.45) is 2.73. The van der Waals surface area contributed by atoms with Gasteiger partial charge >= 0.3 is 0 Å². The number of carbonyl (C=O) groups excluding carboxylic acids is 1. The summed E-state index contributed by atoms with van der Waals surface area (Å²) in [7, 11) is -3.44. The first-order valence-electron chi connectivity index (χ1n) is 8.73. The standard InChI is InChI=1S/C18H28N2O3S/c1-4-5-12-24(22,23)19-16(13-14(2)3)18(21)20-11-10-15-8-6-7-9-17(15)20/h6-9,14,16,19H,4-5,10-13H2,1-3H3/t16-/m1/s1. The lowest BCUT2D eigenvalue weighted by molar-refractivity contribution is -0.120. The molecule has 1 aliphatic rings. The number of rotatable bonds is 8. The molecule has 1 N–H and O–H groups in total. The van der Waals surface area contributed by atoms with Crippen molar-refractivity contribution in [2.45, 2.75) is 52.5 Å². The van der Waals surface area contributed by atoms with E-state index >= 15 is 0 Å². The molecule has 1 aliphatic heterocycles. The van der Waals surface area contributed by atoms with Gasteiger partial charge < -0.3 is 4.90 Å². The summed E-state index contributed by atoms with van der Waals surface area (Å²) in [6, 6.07) is 7.13. The number of nitrogens with one attached hydrogen (secondary N) is 1. The van der Waals surface area contributed by atoms with Crippen LogP contribution in [0.25, 0.3) is 0 Å². The molecule has 24 heavy (non-hydrogen) atoms. The third-order valence-electron chi connectivity index (χ3n) is 4.25. The minimum absolute atomic E-state index is 0.0714. The van der Waals surface area contributed by atoms with Crippen LogP contribution in [0.3, 0.4) is 0 Å². The number of para-hydroxylation sites is 1. The van der Waals surface area contributed by atoms with Gasteiger partial charge in [-0.05, 0) is 36.8 Å². The summed E-state index contributed by atoms with van der Waals surface area (Å²) in [4.78, 5) is 14.7. The first-order chi connectivity index (χ1) is 11.3. The van der Waals surface area contributed by atoms with E-state index in [4.69, 9.17) is 0 Å². The monoisotopic (exact) mass is 352 g/mol. The summed E-state index contributed by atoms with van der Waals surface area (Å²) >= 11 is 0. The minimum atomic E-state index is -3.44. The first-order valence-corrected chi connectivity index (χ1v) is 10.4. The van der Waals surface area contributed by atoms with Crippen molar-refractivity contribution in [1.82, 2.24) is 4.72 Å². The Morgan fingerprint density at radius 1 is 1.29 bits per heavy atom. The van der Waals surface area contributed by atoms with Crippen LogP contribution in [0.2, 0.25) is 0 Å². The maximum atomic E-state index is 13.0. The number of hydrogen-bond donors (Lipinski definition) is 1. The highest BCUT2D eigenvalue weighted by Crippen LogP contribution is 2.28. The molecule has 0 saturated carbocycles. The highest BCUT2D eigenvalue weighted by Gasteiger charge is 2.32. The van der Waals surface area contributed by atoms with Gasteiger partial charge in [0.25, 0.3) is 0 Å². The average molecular weight is 353 g/mol. The molecule has 134 valence electrons. The predicted octanol–water partition coefficient (Wildman–Crippen LogP) is 2.71. The van der Waals surface area contributed by atoms with Gasteiger partial charge in [-0.2, -0.15) is 0 Å². The van der Waals surface area contributed by atoms with Crippen LogP contribution in [0.1, 0.15) is 45.6 Å². The molecule has 0 unspecified atom stereocenters. The van der Waals surface area contributed by atoms with Crippen molar-refractivity contribution in [1.29, 1.82) is 0 Å². The van der Waals surface area contributed by atoms with Crippen LogP contribution in [0.15, 0.2) is 24.3 Å². The van der Waals surface area contributed by atoms with Crippen molar-refractivity contribution in [3.05, 3.63) is 29.8 Å². The Balaban J connectivity index is 2.17. The normalized spacial score (nSPS) is 15.6. The van der Waals surface area contributed by atoms with Crippen molar-refractivity contribution >= 4 is 21.6 Å². The first kappa shape index (κ1) is 18.9. The summed E-state index contributed by atoms with van der Waals surface area (Å²) in [6.45, 7) is 6.56. The second kappa shape index (κ2) is 8.12. The van der Waals surface area contributed by atoms with Crippen LogP contribution in [-0.2, 0) is 21.2 Å². The van der Waals surface area contributed by atoms with E-state index in [1.807, 2.05) is 45.0 Å². The summed E-state index contributed by atoms with van der Waals surface area (Å²) in [5, 5.41) is 0. The fourth-order valence-corrected chi connectivity index (χ4v) is 4.45. The molecule has 6 heteroatoms. The van der Waals surface area contributed by atoms with Crippen LogP contribution in [0.4, 0.5) is 5.69 Å². The number of hydrogen-bond acceptors (Lipinski definition) is 3. The van der Waals surface area contributed by atoms with Crippen molar-refractivity contribution in [2.75, 3.05) is 17.2 Å². The van der Waals surface area contributed by atoms with E-state index in [2.05, 4.69) is 4.72 Å². The molecule has 0 fully saturated rings. The van der Waals surface area contributed by atoms with Gasteiger partial charge in [0.15, 0.2) is 0 Å². The molecule has 1 aromatic rings. The SMILES string of the molecule is CCCCS(=O)(=O)N[C@H](CC(C)C)C(=O)N1CCc2ccccc21. The van der Waals surface area contributed by atoms with Crippen LogP contribution in [0.5, 0.6) is 0 Å². The van der Waals surface area contributed by atoms with E-state index in [1.165, 1.54) is 0 Å². The third-order valence-corrected chi connectivity index (χ3v) is 5.72. The molecule has 1 amide bonds. The fraction of sp³-hybridized carbons (Fsp3) is 0.611. The number of fused-ring (bicyclic) bond motifs is 1. The zero-order valence-corrected chi connectivity index (χ0v) is 15.6. The number of unbranched alkanes of at least 4 members (excludes halogenated alkanes) is 1. The average Bonchev–Trinajstić information content (AvgIpc) is 2.95. The number of carbonyl (C=O) groups is 1. The quantitative estimate of drug-likeness (QED) is 0.782. The van der Waals surface area contributed by atoms with E-state index in [0.29, 0.717) is 19.4 Å². The van der Waals surface area contributed by atoms with Crippen molar-refractivity contribution in [3.8, 4) is 0 Å². The maximum Gasteiger partial charge on any atom is 0.245 e. The minimum Gasteiger partial charge on any atom is -0.310 e. The van der Waals surface area contributed by atoms with Gasteiger partial charge in [-0.25, -0.2) is 13.1 Å².